The molecule has 0 aliphatic heterocycles. The van der Waals surface area contributed by atoms with Gasteiger partial charge in [-0.3, -0.25) is 9.59 Å². The monoisotopic (exact) mass is 318 g/mol. The van der Waals surface area contributed by atoms with Crippen molar-refractivity contribution in [2.45, 2.75) is 19.4 Å². The van der Waals surface area contributed by atoms with Crippen molar-refractivity contribution in [2.24, 2.45) is 0 Å². The van der Waals surface area contributed by atoms with Gasteiger partial charge in [-0.2, -0.15) is 11.3 Å². The Hall–Kier alpha value is -2.18. The molecule has 0 saturated heterocycles. The van der Waals surface area contributed by atoms with Gasteiger partial charge >= 0.3 is 11.8 Å². The molecule has 1 aromatic carbocycles. The number of aliphatic hydroxyl groups is 1. The van der Waals surface area contributed by atoms with Gasteiger partial charge in [-0.1, -0.05) is 12.1 Å². The molecule has 0 spiro atoms. The molecule has 3 N–H and O–H groups in total. The van der Waals surface area contributed by atoms with Crippen LogP contribution >= 0.6 is 11.3 Å². The Bertz CT molecular complexity index is 666. The van der Waals surface area contributed by atoms with Crippen molar-refractivity contribution in [2.75, 3.05) is 11.9 Å². The molecule has 2 amide bonds. The standard InChI is InChI=1S/C16H18N2O3S/c1-11-4-3-5-13(8-11)18-15(20)14(19)17-10-16(2,21)12-6-7-22-9-12/h3-9,21H,10H2,1-2H3,(H,17,19)(H,18,20). The summed E-state index contributed by atoms with van der Waals surface area (Å²) in [6.07, 6.45) is 0. The second-order valence-electron chi connectivity index (χ2n) is 5.29. The van der Waals surface area contributed by atoms with Gasteiger partial charge in [0.2, 0.25) is 0 Å². The van der Waals surface area contributed by atoms with E-state index < -0.39 is 17.4 Å². The SMILES string of the molecule is Cc1cccc(NC(=O)C(=O)NCC(C)(O)c2ccsc2)c1. The van der Waals surface area contributed by atoms with E-state index in [4.69, 9.17) is 0 Å². The molecule has 116 valence electrons. The number of benzene rings is 1. The molecule has 5 nitrogen and oxygen atoms in total. The number of carbonyl (C=O) groups is 2. The molecule has 1 unspecified atom stereocenters. The number of amides is 2. The molecule has 2 rings (SSSR count). The van der Waals surface area contributed by atoms with Crippen LogP contribution in [0.4, 0.5) is 5.69 Å². The van der Waals surface area contributed by atoms with Gasteiger partial charge in [-0.05, 0) is 53.9 Å². The first-order chi connectivity index (χ1) is 10.4. The normalized spacial score (nSPS) is 13.2. The fourth-order valence-corrected chi connectivity index (χ4v) is 2.70. The molecule has 22 heavy (non-hydrogen) atoms. The van der Waals surface area contributed by atoms with Crippen molar-refractivity contribution >= 4 is 28.8 Å². The molecule has 1 atom stereocenters. The van der Waals surface area contributed by atoms with E-state index in [1.807, 2.05) is 18.4 Å². The van der Waals surface area contributed by atoms with Gasteiger partial charge < -0.3 is 15.7 Å². The van der Waals surface area contributed by atoms with Crippen molar-refractivity contribution < 1.29 is 14.7 Å². The van der Waals surface area contributed by atoms with E-state index in [1.165, 1.54) is 11.3 Å². The molecule has 0 aliphatic rings. The van der Waals surface area contributed by atoms with Crippen LogP contribution in [0.2, 0.25) is 0 Å². The van der Waals surface area contributed by atoms with Crippen LogP contribution in [-0.4, -0.2) is 23.5 Å². The van der Waals surface area contributed by atoms with Gasteiger partial charge in [0.1, 0.15) is 5.60 Å². The number of thiophene rings is 1. The minimum absolute atomic E-state index is 0.0379. The summed E-state index contributed by atoms with van der Waals surface area (Å²) in [7, 11) is 0. The number of rotatable bonds is 4. The Morgan fingerprint density at radius 2 is 2.05 bits per heavy atom. The van der Waals surface area contributed by atoms with E-state index in [0.29, 0.717) is 11.3 Å². The number of hydrogen-bond acceptors (Lipinski definition) is 4. The van der Waals surface area contributed by atoms with E-state index in [0.717, 1.165) is 5.56 Å². The van der Waals surface area contributed by atoms with Crippen LogP contribution in [0, 0.1) is 6.92 Å². The van der Waals surface area contributed by atoms with Gasteiger partial charge in [0.15, 0.2) is 0 Å². The lowest BCUT2D eigenvalue weighted by Gasteiger charge is -2.22. The third-order valence-electron chi connectivity index (χ3n) is 3.22. The van der Waals surface area contributed by atoms with E-state index in [1.54, 1.807) is 36.6 Å². The minimum Gasteiger partial charge on any atom is -0.384 e. The molecule has 0 saturated carbocycles. The van der Waals surface area contributed by atoms with Crippen LogP contribution < -0.4 is 10.6 Å². The summed E-state index contributed by atoms with van der Waals surface area (Å²) in [6.45, 7) is 3.45. The summed E-state index contributed by atoms with van der Waals surface area (Å²) in [5.41, 5.74) is 1.04. The summed E-state index contributed by atoms with van der Waals surface area (Å²) in [6, 6.07) is 8.95. The molecular weight excluding hydrogens is 300 g/mol. The third-order valence-corrected chi connectivity index (χ3v) is 3.90. The van der Waals surface area contributed by atoms with E-state index in [2.05, 4.69) is 10.6 Å². The highest BCUT2D eigenvalue weighted by molar-refractivity contribution is 7.08. The zero-order valence-electron chi connectivity index (χ0n) is 12.4. The second kappa shape index (κ2) is 6.72. The predicted molar refractivity (Wildman–Crippen MR) is 86.7 cm³/mol. The smallest absolute Gasteiger partial charge is 0.313 e. The maximum absolute atomic E-state index is 11.8. The quantitative estimate of drug-likeness (QED) is 0.755. The van der Waals surface area contributed by atoms with Gasteiger partial charge in [0.05, 0.1) is 6.54 Å². The van der Waals surface area contributed by atoms with Crippen molar-refractivity contribution in [1.82, 2.24) is 5.32 Å². The number of hydrogen-bond donors (Lipinski definition) is 3. The van der Waals surface area contributed by atoms with E-state index in [9.17, 15) is 14.7 Å². The van der Waals surface area contributed by atoms with Gasteiger partial charge in [-0.25, -0.2) is 0 Å². The first-order valence-corrected chi connectivity index (χ1v) is 7.74. The van der Waals surface area contributed by atoms with E-state index >= 15 is 0 Å². The maximum Gasteiger partial charge on any atom is 0.313 e. The molecule has 6 heteroatoms. The molecule has 0 bridgehead atoms. The van der Waals surface area contributed by atoms with Crippen LogP contribution in [0.25, 0.3) is 0 Å². The fourth-order valence-electron chi connectivity index (χ4n) is 1.92. The molecule has 0 radical (unpaired) electrons. The van der Waals surface area contributed by atoms with Crippen LogP contribution in [0.15, 0.2) is 41.1 Å². The topological polar surface area (TPSA) is 78.4 Å². The summed E-state index contributed by atoms with van der Waals surface area (Å²) in [5.74, 6) is -1.54. The van der Waals surface area contributed by atoms with Gasteiger partial charge in [-0.15, -0.1) is 0 Å². The summed E-state index contributed by atoms with van der Waals surface area (Å²) < 4.78 is 0. The molecule has 0 fully saturated rings. The highest BCUT2D eigenvalue weighted by Crippen LogP contribution is 2.21. The van der Waals surface area contributed by atoms with Crippen molar-refractivity contribution in [3.8, 4) is 0 Å². The first kappa shape index (κ1) is 16.2. The Labute approximate surface area is 133 Å². The van der Waals surface area contributed by atoms with E-state index in [-0.39, 0.29) is 6.54 Å². The van der Waals surface area contributed by atoms with Crippen LogP contribution in [-0.2, 0) is 15.2 Å². The average molecular weight is 318 g/mol. The number of nitrogens with one attached hydrogen (secondary N) is 2. The van der Waals surface area contributed by atoms with Gasteiger partial charge in [0.25, 0.3) is 0 Å². The summed E-state index contributed by atoms with van der Waals surface area (Å²) in [4.78, 5) is 23.6. The molecule has 1 heterocycles. The van der Waals surface area contributed by atoms with Crippen LogP contribution in [0.1, 0.15) is 18.1 Å². The van der Waals surface area contributed by atoms with Gasteiger partial charge in [0, 0.05) is 5.69 Å². The third kappa shape index (κ3) is 4.16. The predicted octanol–water partition coefficient (Wildman–Crippen LogP) is 2.02. The largest absolute Gasteiger partial charge is 0.384 e. The summed E-state index contributed by atoms with van der Waals surface area (Å²) in [5, 5.41) is 18.9. The Kier molecular flexibility index (Phi) is 4.95. The number of anilines is 1. The highest BCUT2D eigenvalue weighted by atomic mass is 32.1. The zero-order chi connectivity index (χ0) is 16.2. The Morgan fingerprint density at radius 3 is 2.68 bits per heavy atom. The fraction of sp³-hybridized carbons (Fsp3) is 0.250. The number of carbonyl (C=O) groups excluding carboxylic acids is 2. The molecule has 0 aliphatic carbocycles. The lowest BCUT2D eigenvalue weighted by atomic mass is 9.99. The maximum atomic E-state index is 11.8. The van der Waals surface area contributed by atoms with Crippen molar-refractivity contribution in [3.05, 3.63) is 52.2 Å². The number of aryl methyl sites for hydroxylation is 1. The minimum atomic E-state index is -1.21. The van der Waals surface area contributed by atoms with Crippen molar-refractivity contribution in [1.29, 1.82) is 0 Å². The zero-order valence-corrected chi connectivity index (χ0v) is 13.2. The van der Waals surface area contributed by atoms with Crippen LogP contribution in [0.5, 0.6) is 0 Å². The van der Waals surface area contributed by atoms with Crippen LogP contribution in [0.3, 0.4) is 0 Å². The highest BCUT2D eigenvalue weighted by Gasteiger charge is 2.25. The summed E-state index contributed by atoms with van der Waals surface area (Å²) >= 11 is 1.46. The molecular formula is C16H18N2O3S. The Balaban J connectivity index is 1.90. The molecule has 2 aromatic rings. The lowest BCUT2D eigenvalue weighted by molar-refractivity contribution is -0.136. The second-order valence-corrected chi connectivity index (χ2v) is 6.07. The first-order valence-electron chi connectivity index (χ1n) is 6.79. The average Bonchev–Trinajstić information content (AvgIpc) is 3.00. The lowest BCUT2D eigenvalue weighted by Crippen LogP contribution is -2.43. The van der Waals surface area contributed by atoms with Crippen molar-refractivity contribution in [3.63, 3.8) is 0 Å². The molecule has 1 aromatic heterocycles. The Morgan fingerprint density at radius 1 is 1.27 bits per heavy atom.